The van der Waals surface area contributed by atoms with Crippen LogP contribution in [0.4, 0.5) is 11.6 Å². The number of aromatic nitrogens is 5. The van der Waals surface area contributed by atoms with E-state index in [1.807, 2.05) is 42.9 Å². The number of aryl methyl sites for hydroxylation is 1. The molecule has 1 amide bonds. The number of anilines is 2. The molecule has 1 aliphatic rings. The topological polar surface area (TPSA) is 88.8 Å². The number of rotatable bonds is 4. The Kier molecular flexibility index (Phi) is 4.82. The van der Waals surface area contributed by atoms with Crippen molar-refractivity contribution in [1.82, 2.24) is 24.5 Å². The van der Waals surface area contributed by atoms with Crippen molar-refractivity contribution in [2.75, 3.05) is 23.3 Å². The lowest BCUT2D eigenvalue weighted by Gasteiger charge is -2.16. The van der Waals surface area contributed by atoms with Gasteiger partial charge in [-0.25, -0.2) is 15.0 Å². The van der Waals surface area contributed by atoms with E-state index in [0.29, 0.717) is 11.4 Å². The predicted octanol–water partition coefficient (Wildman–Crippen LogP) is 3.59. The summed E-state index contributed by atoms with van der Waals surface area (Å²) in [6, 6.07) is 7.42. The number of imidazole rings is 1. The Morgan fingerprint density at radius 1 is 0.968 bits per heavy atom. The molecule has 5 rings (SSSR count). The van der Waals surface area contributed by atoms with Crippen molar-refractivity contribution in [3.63, 3.8) is 0 Å². The van der Waals surface area contributed by atoms with Crippen molar-refractivity contribution in [2.45, 2.75) is 19.8 Å². The van der Waals surface area contributed by atoms with Crippen molar-refractivity contribution < 1.29 is 4.79 Å². The van der Waals surface area contributed by atoms with Gasteiger partial charge in [-0.2, -0.15) is 0 Å². The molecule has 1 aliphatic heterocycles. The average Bonchev–Trinajstić information content (AvgIpc) is 3.44. The normalized spacial score (nSPS) is 13.7. The molecule has 0 aromatic carbocycles. The van der Waals surface area contributed by atoms with Gasteiger partial charge in [0.1, 0.15) is 17.5 Å². The highest BCUT2D eigenvalue weighted by molar-refractivity contribution is 6.05. The minimum Gasteiger partial charge on any atom is -0.357 e. The number of carbonyl (C=O) groups is 1. The third-order valence-electron chi connectivity index (χ3n) is 5.77. The van der Waals surface area contributed by atoms with E-state index in [-0.39, 0.29) is 5.91 Å². The monoisotopic (exact) mass is 413 g/mol. The number of carbonyl (C=O) groups excluding carboxylic acids is 1. The van der Waals surface area contributed by atoms with Gasteiger partial charge < -0.3 is 14.8 Å². The van der Waals surface area contributed by atoms with Crippen LogP contribution in [0.2, 0.25) is 0 Å². The van der Waals surface area contributed by atoms with E-state index in [0.717, 1.165) is 59.7 Å². The molecule has 5 heterocycles. The van der Waals surface area contributed by atoms with Crippen LogP contribution < -0.4 is 10.2 Å². The lowest BCUT2D eigenvalue weighted by atomic mass is 10.1. The molecule has 156 valence electrons. The summed E-state index contributed by atoms with van der Waals surface area (Å²) in [7, 11) is 1.97. The number of amides is 1. The molecule has 4 aromatic heterocycles. The summed E-state index contributed by atoms with van der Waals surface area (Å²) >= 11 is 0. The first-order chi connectivity index (χ1) is 15.1. The molecular weight excluding hydrogens is 390 g/mol. The van der Waals surface area contributed by atoms with Gasteiger partial charge in [-0.1, -0.05) is 0 Å². The molecule has 0 unspecified atom stereocenters. The zero-order valence-corrected chi connectivity index (χ0v) is 17.5. The summed E-state index contributed by atoms with van der Waals surface area (Å²) in [5, 5.41) is 4.76. The van der Waals surface area contributed by atoms with E-state index in [9.17, 15) is 4.79 Å². The molecule has 8 nitrogen and oxygen atoms in total. The van der Waals surface area contributed by atoms with E-state index in [1.54, 1.807) is 24.7 Å². The van der Waals surface area contributed by atoms with Crippen LogP contribution >= 0.6 is 0 Å². The van der Waals surface area contributed by atoms with E-state index < -0.39 is 0 Å². The van der Waals surface area contributed by atoms with Gasteiger partial charge in [0.05, 0.1) is 17.6 Å². The Morgan fingerprint density at radius 3 is 2.55 bits per heavy atom. The zero-order valence-electron chi connectivity index (χ0n) is 17.5. The summed E-state index contributed by atoms with van der Waals surface area (Å²) in [5.41, 5.74) is 2.33. The van der Waals surface area contributed by atoms with Gasteiger partial charge in [-0.3, -0.25) is 9.78 Å². The first kappa shape index (κ1) is 19.2. The Bertz CT molecular complexity index is 1270. The van der Waals surface area contributed by atoms with Crippen molar-refractivity contribution >= 4 is 28.3 Å². The average molecular weight is 413 g/mol. The summed E-state index contributed by atoms with van der Waals surface area (Å²) < 4.78 is 2.00. The van der Waals surface area contributed by atoms with Crippen molar-refractivity contribution in [3.05, 3.63) is 60.4 Å². The number of nitrogens with one attached hydrogen (secondary N) is 1. The van der Waals surface area contributed by atoms with E-state index in [1.165, 1.54) is 0 Å². The maximum Gasteiger partial charge on any atom is 0.257 e. The quantitative estimate of drug-likeness (QED) is 0.550. The largest absolute Gasteiger partial charge is 0.357 e. The van der Waals surface area contributed by atoms with Gasteiger partial charge in [-0.05, 0) is 49.4 Å². The van der Waals surface area contributed by atoms with E-state index in [2.05, 4.69) is 30.2 Å². The number of pyridine rings is 3. The fraction of sp³-hybridized carbons (Fsp3) is 0.261. The van der Waals surface area contributed by atoms with Gasteiger partial charge >= 0.3 is 0 Å². The smallest absolute Gasteiger partial charge is 0.257 e. The first-order valence-corrected chi connectivity index (χ1v) is 10.4. The molecule has 0 atom stereocenters. The molecular formula is C23H23N7O. The molecule has 0 spiro atoms. The van der Waals surface area contributed by atoms with Crippen LogP contribution in [0.15, 0.2) is 49.1 Å². The molecule has 31 heavy (non-hydrogen) atoms. The van der Waals surface area contributed by atoms with Crippen LogP contribution in [0.3, 0.4) is 0 Å². The molecule has 0 radical (unpaired) electrons. The second kappa shape index (κ2) is 7.79. The summed E-state index contributed by atoms with van der Waals surface area (Å²) in [6.45, 7) is 3.92. The Hall–Kier alpha value is -3.81. The highest BCUT2D eigenvalue weighted by Crippen LogP contribution is 2.24. The maximum atomic E-state index is 12.8. The van der Waals surface area contributed by atoms with Gasteiger partial charge in [0.15, 0.2) is 0 Å². The van der Waals surface area contributed by atoms with Gasteiger partial charge in [-0.15, -0.1) is 0 Å². The van der Waals surface area contributed by atoms with E-state index in [4.69, 9.17) is 0 Å². The van der Waals surface area contributed by atoms with Crippen LogP contribution in [0.5, 0.6) is 0 Å². The standard InChI is InChI=1S/C23H23N7O/c1-15-25-14-20(29(15)2)19-9-17-10-21(27-13-18(17)12-26-19)28-23(31)16-5-6-24-22(11-16)30-7-3-4-8-30/h5-6,9-14H,3-4,7-8H2,1-2H3,(H,27,28,31). The molecule has 0 saturated carbocycles. The highest BCUT2D eigenvalue weighted by Gasteiger charge is 2.16. The van der Waals surface area contributed by atoms with Gasteiger partial charge in [0.2, 0.25) is 0 Å². The molecule has 4 aromatic rings. The van der Waals surface area contributed by atoms with Crippen LogP contribution in [0.1, 0.15) is 29.0 Å². The summed E-state index contributed by atoms with van der Waals surface area (Å²) in [6.07, 6.45) is 9.33. The van der Waals surface area contributed by atoms with Crippen molar-refractivity contribution in [3.8, 4) is 11.4 Å². The minimum absolute atomic E-state index is 0.203. The lowest BCUT2D eigenvalue weighted by molar-refractivity contribution is 0.102. The third kappa shape index (κ3) is 3.72. The SMILES string of the molecule is Cc1ncc(-c2cc3cc(NC(=O)c4ccnc(N5CCCC5)c4)ncc3cn2)n1C. The Labute approximate surface area is 180 Å². The lowest BCUT2D eigenvalue weighted by Crippen LogP contribution is -2.20. The fourth-order valence-corrected chi connectivity index (χ4v) is 3.85. The highest BCUT2D eigenvalue weighted by atomic mass is 16.1. The van der Waals surface area contributed by atoms with Gasteiger partial charge in [0, 0.05) is 49.7 Å². The Morgan fingerprint density at radius 2 is 1.77 bits per heavy atom. The fourth-order valence-electron chi connectivity index (χ4n) is 3.85. The predicted molar refractivity (Wildman–Crippen MR) is 120 cm³/mol. The van der Waals surface area contributed by atoms with Crippen molar-refractivity contribution in [1.29, 1.82) is 0 Å². The molecule has 1 N–H and O–H groups in total. The van der Waals surface area contributed by atoms with Crippen LogP contribution in [-0.4, -0.2) is 43.5 Å². The summed E-state index contributed by atoms with van der Waals surface area (Å²) in [4.78, 5) is 32.7. The minimum atomic E-state index is -0.203. The maximum absolute atomic E-state index is 12.8. The summed E-state index contributed by atoms with van der Waals surface area (Å²) in [5.74, 6) is 2.06. The molecule has 1 fully saturated rings. The second-order valence-electron chi connectivity index (χ2n) is 7.79. The first-order valence-electron chi connectivity index (χ1n) is 10.4. The Balaban J connectivity index is 1.40. The van der Waals surface area contributed by atoms with Crippen LogP contribution in [0, 0.1) is 6.92 Å². The third-order valence-corrected chi connectivity index (χ3v) is 5.77. The van der Waals surface area contributed by atoms with Gasteiger partial charge in [0.25, 0.3) is 5.91 Å². The molecule has 8 heteroatoms. The molecule has 0 aliphatic carbocycles. The number of hydrogen-bond donors (Lipinski definition) is 1. The van der Waals surface area contributed by atoms with E-state index >= 15 is 0 Å². The molecule has 1 saturated heterocycles. The zero-order chi connectivity index (χ0) is 21.4. The second-order valence-corrected chi connectivity index (χ2v) is 7.79. The van der Waals surface area contributed by atoms with Crippen LogP contribution in [0.25, 0.3) is 22.2 Å². The number of nitrogens with zero attached hydrogens (tertiary/aromatic N) is 6. The van der Waals surface area contributed by atoms with Crippen molar-refractivity contribution in [2.24, 2.45) is 7.05 Å². The van der Waals surface area contributed by atoms with Crippen LogP contribution in [-0.2, 0) is 7.05 Å². The number of hydrogen-bond acceptors (Lipinski definition) is 6. The molecule has 0 bridgehead atoms. The number of fused-ring (bicyclic) bond motifs is 1.